The molecule has 0 N–H and O–H groups in total. The summed E-state index contributed by atoms with van der Waals surface area (Å²) in [5.74, 6) is -0.0161. The molecular weight excluding hydrogens is 434 g/mol. The first-order valence-electron chi connectivity index (χ1n) is 10.0. The minimum absolute atomic E-state index is 0.0161. The zero-order chi connectivity index (χ0) is 21.8. The number of fused-ring (bicyclic) bond motifs is 1. The molecular formula is C23H28ClN3OS2. The van der Waals surface area contributed by atoms with E-state index in [1.54, 1.807) is 11.8 Å². The van der Waals surface area contributed by atoms with Gasteiger partial charge in [0, 0.05) is 27.3 Å². The van der Waals surface area contributed by atoms with Crippen LogP contribution >= 0.6 is 34.7 Å². The number of anilines is 1. The molecule has 7 heteroatoms. The number of aromatic nitrogens is 1. The predicted octanol–water partition coefficient (Wildman–Crippen LogP) is 6.36. The van der Waals surface area contributed by atoms with Gasteiger partial charge in [0.05, 0.1) is 10.2 Å². The number of aryl methyl sites for hydroxylation is 1. The minimum Gasteiger partial charge on any atom is -0.309 e. The van der Waals surface area contributed by atoms with Gasteiger partial charge in [0.25, 0.3) is 5.91 Å². The zero-order valence-corrected chi connectivity index (χ0v) is 20.5. The van der Waals surface area contributed by atoms with Crippen molar-refractivity contribution >= 4 is 56.0 Å². The van der Waals surface area contributed by atoms with Crippen LogP contribution < -0.4 is 4.90 Å². The highest BCUT2D eigenvalue weighted by Crippen LogP contribution is 2.34. The molecule has 1 amide bonds. The number of benzene rings is 2. The average molecular weight is 462 g/mol. The molecule has 0 saturated carbocycles. The average Bonchev–Trinajstić information content (AvgIpc) is 3.08. The topological polar surface area (TPSA) is 36.4 Å². The van der Waals surface area contributed by atoms with E-state index in [4.69, 9.17) is 16.6 Å². The van der Waals surface area contributed by atoms with E-state index in [0.717, 1.165) is 33.9 Å². The lowest BCUT2D eigenvalue weighted by Crippen LogP contribution is -2.33. The number of carbonyl (C=O) groups is 1. The van der Waals surface area contributed by atoms with Crippen LogP contribution in [0.3, 0.4) is 0 Å². The first-order chi connectivity index (χ1) is 14.2. The Kier molecular flexibility index (Phi) is 7.80. The van der Waals surface area contributed by atoms with Gasteiger partial charge < -0.3 is 4.90 Å². The van der Waals surface area contributed by atoms with Gasteiger partial charge in [-0.2, -0.15) is 0 Å². The molecule has 0 aliphatic heterocycles. The molecule has 1 heterocycles. The smallest absolute Gasteiger partial charge is 0.260 e. The van der Waals surface area contributed by atoms with Crippen LogP contribution in [0.1, 0.15) is 36.2 Å². The van der Waals surface area contributed by atoms with Gasteiger partial charge in [-0.3, -0.25) is 9.69 Å². The molecule has 4 nitrogen and oxygen atoms in total. The molecule has 3 rings (SSSR count). The highest BCUT2D eigenvalue weighted by molar-refractivity contribution is 7.99. The summed E-state index contributed by atoms with van der Waals surface area (Å²) in [6.45, 7) is 7.85. The normalized spacial score (nSPS) is 11.6. The maximum Gasteiger partial charge on any atom is 0.260 e. The first-order valence-corrected chi connectivity index (χ1v) is 12.1. The molecule has 0 radical (unpaired) electrons. The molecule has 0 aliphatic carbocycles. The van der Waals surface area contributed by atoms with Gasteiger partial charge >= 0.3 is 0 Å². The SMILES string of the molecule is Cc1cc(Cl)cc2sc(N(CCCN(C)C)C(=O)c3ccc(SC(C)C)cc3)nc12. The summed E-state index contributed by atoms with van der Waals surface area (Å²) < 4.78 is 1.00. The van der Waals surface area contributed by atoms with Crippen molar-refractivity contribution in [2.75, 3.05) is 32.1 Å². The van der Waals surface area contributed by atoms with E-state index >= 15 is 0 Å². The highest BCUT2D eigenvalue weighted by atomic mass is 35.5. The van der Waals surface area contributed by atoms with Gasteiger partial charge in [-0.25, -0.2) is 4.98 Å². The number of amides is 1. The summed E-state index contributed by atoms with van der Waals surface area (Å²) in [7, 11) is 4.08. The molecule has 0 fully saturated rings. The maximum absolute atomic E-state index is 13.4. The number of thiazole rings is 1. The van der Waals surface area contributed by atoms with Crippen molar-refractivity contribution in [2.45, 2.75) is 37.3 Å². The summed E-state index contributed by atoms with van der Waals surface area (Å²) >= 11 is 9.54. The predicted molar refractivity (Wildman–Crippen MR) is 132 cm³/mol. The summed E-state index contributed by atoms with van der Waals surface area (Å²) in [6, 6.07) is 11.7. The number of carbonyl (C=O) groups excluding carboxylic acids is 1. The van der Waals surface area contributed by atoms with Crippen LogP contribution in [0.25, 0.3) is 10.2 Å². The van der Waals surface area contributed by atoms with Gasteiger partial charge in [-0.1, -0.05) is 36.8 Å². The first kappa shape index (κ1) is 23.1. The Morgan fingerprint density at radius 3 is 2.50 bits per heavy atom. The van der Waals surface area contributed by atoms with Crippen molar-refractivity contribution in [2.24, 2.45) is 0 Å². The number of hydrogen-bond donors (Lipinski definition) is 0. The lowest BCUT2D eigenvalue weighted by molar-refractivity contribution is 0.0986. The minimum atomic E-state index is -0.0161. The number of rotatable bonds is 8. The molecule has 160 valence electrons. The molecule has 1 aromatic heterocycles. The van der Waals surface area contributed by atoms with Gasteiger partial charge in [-0.05, 0) is 75.9 Å². The monoisotopic (exact) mass is 461 g/mol. The van der Waals surface area contributed by atoms with Crippen LogP contribution in [0.5, 0.6) is 0 Å². The molecule has 2 aromatic carbocycles. The largest absolute Gasteiger partial charge is 0.309 e. The summed E-state index contributed by atoms with van der Waals surface area (Å²) in [4.78, 5) is 23.3. The Morgan fingerprint density at radius 2 is 1.87 bits per heavy atom. The summed E-state index contributed by atoms with van der Waals surface area (Å²) in [6.07, 6.45) is 0.871. The Labute approximate surface area is 192 Å². The highest BCUT2D eigenvalue weighted by Gasteiger charge is 2.22. The van der Waals surface area contributed by atoms with Crippen molar-refractivity contribution in [3.63, 3.8) is 0 Å². The van der Waals surface area contributed by atoms with E-state index in [2.05, 4.69) is 18.7 Å². The standard InChI is InChI=1S/C23H28ClN3OS2/c1-15(2)29-19-9-7-17(8-10-19)22(28)27(12-6-11-26(4)5)23-25-21-16(3)13-18(24)14-20(21)30-23/h7-10,13-15H,6,11-12H2,1-5H3. The quantitative estimate of drug-likeness (QED) is 0.366. The van der Waals surface area contributed by atoms with E-state index in [1.807, 2.05) is 62.3 Å². The van der Waals surface area contributed by atoms with Crippen LogP contribution in [0.2, 0.25) is 5.02 Å². The van der Waals surface area contributed by atoms with Crippen molar-refractivity contribution < 1.29 is 4.79 Å². The third-order valence-electron chi connectivity index (χ3n) is 4.58. The van der Waals surface area contributed by atoms with Gasteiger partial charge in [0.15, 0.2) is 5.13 Å². The number of nitrogens with zero attached hydrogens (tertiary/aromatic N) is 3. The van der Waals surface area contributed by atoms with Crippen LogP contribution in [0.15, 0.2) is 41.3 Å². The fraction of sp³-hybridized carbons (Fsp3) is 0.391. The second kappa shape index (κ2) is 10.1. The fourth-order valence-corrected chi connectivity index (χ4v) is 5.47. The molecule has 30 heavy (non-hydrogen) atoms. The van der Waals surface area contributed by atoms with Crippen molar-refractivity contribution in [1.82, 2.24) is 9.88 Å². The second-order valence-corrected chi connectivity index (χ2v) is 11.0. The molecule has 0 aliphatic rings. The molecule has 3 aromatic rings. The van der Waals surface area contributed by atoms with E-state index in [0.29, 0.717) is 22.4 Å². The van der Waals surface area contributed by atoms with Crippen LogP contribution in [0.4, 0.5) is 5.13 Å². The third kappa shape index (κ3) is 5.76. The Hall–Kier alpha value is -1.60. The molecule has 0 bridgehead atoms. The number of thioether (sulfide) groups is 1. The van der Waals surface area contributed by atoms with Crippen LogP contribution in [-0.2, 0) is 0 Å². The number of hydrogen-bond acceptors (Lipinski definition) is 5. The van der Waals surface area contributed by atoms with Gasteiger partial charge in [-0.15, -0.1) is 11.8 Å². The number of halogens is 1. The Balaban J connectivity index is 1.92. The van der Waals surface area contributed by atoms with Gasteiger partial charge in [0.1, 0.15) is 0 Å². The second-order valence-electron chi connectivity index (χ2n) is 7.87. The van der Waals surface area contributed by atoms with Crippen molar-refractivity contribution in [1.29, 1.82) is 0 Å². The zero-order valence-electron chi connectivity index (χ0n) is 18.1. The molecule has 0 unspecified atom stereocenters. The maximum atomic E-state index is 13.4. The summed E-state index contributed by atoms with van der Waals surface area (Å²) in [5, 5.41) is 1.92. The third-order valence-corrected chi connectivity index (χ3v) is 6.83. The van der Waals surface area contributed by atoms with E-state index in [1.165, 1.54) is 16.2 Å². The molecule has 0 atom stereocenters. The van der Waals surface area contributed by atoms with E-state index < -0.39 is 0 Å². The van der Waals surface area contributed by atoms with Crippen molar-refractivity contribution in [3.05, 3.63) is 52.5 Å². The lowest BCUT2D eigenvalue weighted by atomic mass is 10.2. The molecule has 0 spiro atoms. The van der Waals surface area contributed by atoms with Gasteiger partial charge in [0.2, 0.25) is 0 Å². The Bertz CT molecular complexity index is 1020. The Morgan fingerprint density at radius 1 is 1.17 bits per heavy atom. The van der Waals surface area contributed by atoms with E-state index in [9.17, 15) is 4.79 Å². The van der Waals surface area contributed by atoms with E-state index in [-0.39, 0.29) is 5.91 Å². The lowest BCUT2D eigenvalue weighted by Gasteiger charge is -2.21. The van der Waals surface area contributed by atoms with Crippen molar-refractivity contribution in [3.8, 4) is 0 Å². The molecule has 0 saturated heterocycles. The fourth-order valence-electron chi connectivity index (χ4n) is 3.19. The van der Waals surface area contributed by atoms with Crippen LogP contribution in [-0.4, -0.2) is 48.2 Å². The summed E-state index contributed by atoms with van der Waals surface area (Å²) in [5.41, 5.74) is 2.62. The van der Waals surface area contributed by atoms with Crippen LogP contribution in [0, 0.1) is 6.92 Å².